The molecule has 0 spiro atoms. The maximum atomic E-state index is 11.8. The molecule has 0 heterocycles. The second-order valence-electron chi connectivity index (χ2n) is 4.92. The number of ketones is 1. The first-order valence-electron chi connectivity index (χ1n) is 6.42. The van der Waals surface area contributed by atoms with Crippen LogP contribution < -0.4 is 0 Å². The van der Waals surface area contributed by atoms with E-state index in [1.807, 2.05) is 6.92 Å². The quantitative estimate of drug-likeness (QED) is 0.527. The van der Waals surface area contributed by atoms with Crippen molar-refractivity contribution in [2.45, 2.75) is 58.5 Å². The van der Waals surface area contributed by atoms with E-state index in [4.69, 9.17) is 4.74 Å². The minimum atomic E-state index is -0.727. The van der Waals surface area contributed by atoms with E-state index >= 15 is 0 Å². The molecule has 0 saturated heterocycles. The summed E-state index contributed by atoms with van der Waals surface area (Å²) in [5, 5.41) is 0. The smallest absolute Gasteiger partial charge is 0.303 e. The van der Waals surface area contributed by atoms with E-state index in [0.29, 0.717) is 0 Å². The Morgan fingerprint density at radius 3 is 2.71 bits per heavy atom. The Balaban J connectivity index is 2.55. The molecule has 3 nitrogen and oxygen atoms in total. The van der Waals surface area contributed by atoms with Gasteiger partial charge in [-0.2, -0.15) is 0 Å². The summed E-state index contributed by atoms with van der Waals surface area (Å²) >= 11 is 0. The van der Waals surface area contributed by atoms with Crippen molar-refractivity contribution < 1.29 is 14.3 Å². The molecule has 0 aromatic rings. The molecule has 0 N–H and O–H groups in total. The molecule has 0 amide bonds. The van der Waals surface area contributed by atoms with Gasteiger partial charge in [-0.15, -0.1) is 0 Å². The van der Waals surface area contributed by atoms with Gasteiger partial charge in [-0.3, -0.25) is 9.59 Å². The number of rotatable bonds is 6. The first kappa shape index (κ1) is 13.9. The molecule has 0 aromatic carbocycles. The maximum Gasteiger partial charge on any atom is 0.303 e. The molecule has 0 fully saturated rings. The minimum absolute atomic E-state index is 0.0882. The van der Waals surface area contributed by atoms with E-state index in [-0.39, 0.29) is 17.7 Å². The van der Waals surface area contributed by atoms with Crippen molar-refractivity contribution in [2.24, 2.45) is 5.92 Å². The lowest BCUT2D eigenvalue weighted by atomic mass is 9.86. The van der Waals surface area contributed by atoms with Gasteiger partial charge < -0.3 is 4.74 Å². The molecule has 0 aromatic heterocycles. The topological polar surface area (TPSA) is 43.4 Å². The third-order valence-electron chi connectivity index (χ3n) is 3.32. The zero-order valence-corrected chi connectivity index (χ0v) is 11.0. The van der Waals surface area contributed by atoms with Crippen LogP contribution >= 0.6 is 0 Å². The summed E-state index contributed by atoms with van der Waals surface area (Å²) in [6, 6.07) is 0. The Morgan fingerprint density at radius 1 is 1.41 bits per heavy atom. The molecule has 0 bridgehead atoms. The summed E-state index contributed by atoms with van der Waals surface area (Å²) in [5.41, 5.74) is -0.727. The fourth-order valence-corrected chi connectivity index (χ4v) is 2.38. The van der Waals surface area contributed by atoms with Gasteiger partial charge in [-0.25, -0.2) is 0 Å². The fourth-order valence-electron chi connectivity index (χ4n) is 2.38. The number of carbonyl (C=O) groups is 2. The summed E-state index contributed by atoms with van der Waals surface area (Å²) in [4.78, 5) is 22.8. The zero-order valence-electron chi connectivity index (χ0n) is 11.0. The van der Waals surface area contributed by atoms with Gasteiger partial charge in [-0.05, 0) is 25.5 Å². The molecule has 0 saturated carbocycles. The molecule has 3 heteroatoms. The van der Waals surface area contributed by atoms with Crippen LogP contribution in [0.25, 0.3) is 0 Å². The number of carbonyl (C=O) groups excluding carboxylic acids is 2. The molecular weight excluding hydrogens is 216 g/mol. The molecule has 2 unspecified atom stereocenters. The van der Waals surface area contributed by atoms with Gasteiger partial charge >= 0.3 is 5.97 Å². The first-order chi connectivity index (χ1) is 7.99. The Morgan fingerprint density at radius 2 is 2.12 bits per heavy atom. The molecule has 1 aliphatic rings. The van der Waals surface area contributed by atoms with Crippen LogP contribution in [0.1, 0.15) is 52.9 Å². The van der Waals surface area contributed by atoms with E-state index < -0.39 is 5.60 Å². The second kappa shape index (κ2) is 5.99. The fraction of sp³-hybridized carbons (Fsp3) is 0.714. The third-order valence-corrected chi connectivity index (χ3v) is 3.32. The lowest BCUT2D eigenvalue weighted by molar-refractivity contribution is -0.155. The van der Waals surface area contributed by atoms with Crippen LogP contribution in [0.15, 0.2) is 12.2 Å². The Hall–Kier alpha value is -1.12. The van der Waals surface area contributed by atoms with Crippen LogP contribution in [0.3, 0.4) is 0 Å². The average Bonchev–Trinajstić information content (AvgIpc) is 2.50. The monoisotopic (exact) mass is 238 g/mol. The van der Waals surface area contributed by atoms with Gasteiger partial charge in [0.25, 0.3) is 0 Å². The van der Waals surface area contributed by atoms with Crippen molar-refractivity contribution >= 4 is 11.8 Å². The summed E-state index contributed by atoms with van der Waals surface area (Å²) in [6.45, 7) is 5.36. The van der Waals surface area contributed by atoms with E-state index in [9.17, 15) is 9.59 Å². The van der Waals surface area contributed by atoms with Crippen LogP contribution in [0, 0.1) is 5.92 Å². The Bertz CT molecular complexity index is 319. The average molecular weight is 238 g/mol. The summed E-state index contributed by atoms with van der Waals surface area (Å²) in [7, 11) is 0. The standard InChI is InChI=1S/C14H22O3/c1-4-5-6-7-8-12-13(16)9-10-14(12,3)17-11(2)15/h9-10,12H,4-8H2,1-3H3. The van der Waals surface area contributed by atoms with Gasteiger partial charge in [0, 0.05) is 6.92 Å². The van der Waals surface area contributed by atoms with Gasteiger partial charge in [0.05, 0.1) is 5.92 Å². The van der Waals surface area contributed by atoms with Crippen LogP contribution in [0.4, 0.5) is 0 Å². The van der Waals surface area contributed by atoms with E-state index in [1.54, 1.807) is 12.2 Å². The highest BCUT2D eigenvalue weighted by Gasteiger charge is 2.42. The maximum absolute atomic E-state index is 11.8. The van der Waals surface area contributed by atoms with Crippen LogP contribution in [-0.4, -0.2) is 17.4 Å². The lowest BCUT2D eigenvalue weighted by Crippen LogP contribution is -2.37. The molecule has 1 rings (SSSR count). The molecule has 0 radical (unpaired) electrons. The van der Waals surface area contributed by atoms with Gasteiger partial charge in [0.1, 0.15) is 5.60 Å². The lowest BCUT2D eigenvalue weighted by Gasteiger charge is -2.29. The van der Waals surface area contributed by atoms with E-state index in [1.165, 1.54) is 19.8 Å². The zero-order chi connectivity index (χ0) is 12.9. The van der Waals surface area contributed by atoms with E-state index in [0.717, 1.165) is 19.3 Å². The highest BCUT2D eigenvalue weighted by Crippen LogP contribution is 2.34. The van der Waals surface area contributed by atoms with Crippen LogP contribution in [0.5, 0.6) is 0 Å². The van der Waals surface area contributed by atoms with Crippen molar-refractivity contribution in [1.29, 1.82) is 0 Å². The molecule has 17 heavy (non-hydrogen) atoms. The molecule has 2 atom stereocenters. The predicted molar refractivity (Wildman–Crippen MR) is 66.6 cm³/mol. The SMILES string of the molecule is CCCCCCC1C(=O)C=CC1(C)OC(C)=O. The van der Waals surface area contributed by atoms with Gasteiger partial charge in [-0.1, -0.05) is 32.6 Å². The largest absolute Gasteiger partial charge is 0.455 e. The van der Waals surface area contributed by atoms with Crippen LogP contribution in [0.2, 0.25) is 0 Å². The summed E-state index contributed by atoms with van der Waals surface area (Å²) < 4.78 is 5.29. The number of hydrogen-bond donors (Lipinski definition) is 0. The van der Waals surface area contributed by atoms with Crippen molar-refractivity contribution in [3.05, 3.63) is 12.2 Å². The summed E-state index contributed by atoms with van der Waals surface area (Å²) in [5.74, 6) is -0.432. The highest BCUT2D eigenvalue weighted by molar-refractivity contribution is 5.96. The number of ether oxygens (including phenoxy) is 1. The molecule has 96 valence electrons. The minimum Gasteiger partial charge on any atom is -0.455 e. The highest BCUT2D eigenvalue weighted by atomic mass is 16.6. The first-order valence-corrected chi connectivity index (χ1v) is 6.42. The van der Waals surface area contributed by atoms with Gasteiger partial charge in [0.2, 0.25) is 0 Å². The van der Waals surface area contributed by atoms with Crippen molar-refractivity contribution in [3.8, 4) is 0 Å². The number of unbranched alkanes of at least 4 members (excludes halogenated alkanes) is 3. The Labute approximate surface area is 103 Å². The molecule has 0 aliphatic heterocycles. The number of hydrogen-bond acceptors (Lipinski definition) is 3. The third kappa shape index (κ3) is 3.69. The Kier molecular flexibility index (Phi) is 4.91. The van der Waals surface area contributed by atoms with E-state index in [2.05, 4.69) is 6.92 Å². The molecule has 1 aliphatic carbocycles. The number of esters is 1. The predicted octanol–water partition coefficient (Wildman–Crippen LogP) is 3.03. The van der Waals surface area contributed by atoms with Crippen LogP contribution in [-0.2, 0) is 14.3 Å². The van der Waals surface area contributed by atoms with Crippen molar-refractivity contribution in [1.82, 2.24) is 0 Å². The normalized spacial score (nSPS) is 27.5. The van der Waals surface area contributed by atoms with Gasteiger partial charge in [0.15, 0.2) is 5.78 Å². The van der Waals surface area contributed by atoms with Crippen molar-refractivity contribution in [2.75, 3.05) is 0 Å². The molecular formula is C14H22O3. The second-order valence-corrected chi connectivity index (χ2v) is 4.92. The number of allylic oxidation sites excluding steroid dienone is 1. The summed E-state index contributed by atoms with van der Waals surface area (Å²) in [6.07, 6.45) is 8.60. The van der Waals surface area contributed by atoms with Crippen molar-refractivity contribution in [3.63, 3.8) is 0 Å².